The standard InChI is InChI=1S/C13H17BrClNO/c14-9-6-10(13(17)11(15)7-9)12(16)8-4-2-1-3-5-8/h6-8,12,17H,1-5,16H2/t12-/m1/s1. The second-order valence-electron chi connectivity index (χ2n) is 4.75. The third-order valence-corrected chi connectivity index (χ3v) is 4.32. The molecule has 1 atom stereocenters. The molecule has 4 heteroatoms. The lowest BCUT2D eigenvalue weighted by Crippen LogP contribution is -2.23. The van der Waals surface area contributed by atoms with E-state index in [0.29, 0.717) is 10.9 Å². The van der Waals surface area contributed by atoms with Crippen molar-refractivity contribution in [3.8, 4) is 5.75 Å². The van der Waals surface area contributed by atoms with Crippen LogP contribution in [0.5, 0.6) is 5.75 Å². The third-order valence-electron chi connectivity index (χ3n) is 3.57. The summed E-state index contributed by atoms with van der Waals surface area (Å²) in [5.74, 6) is 0.591. The smallest absolute Gasteiger partial charge is 0.139 e. The lowest BCUT2D eigenvalue weighted by atomic mass is 9.81. The zero-order valence-electron chi connectivity index (χ0n) is 9.63. The van der Waals surface area contributed by atoms with Gasteiger partial charge in [-0.15, -0.1) is 0 Å². The first-order valence-electron chi connectivity index (χ1n) is 6.03. The van der Waals surface area contributed by atoms with E-state index in [2.05, 4.69) is 15.9 Å². The Bertz CT molecular complexity index is 405. The lowest BCUT2D eigenvalue weighted by Gasteiger charge is -2.28. The summed E-state index contributed by atoms with van der Waals surface area (Å²) in [4.78, 5) is 0. The molecule has 1 aliphatic carbocycles. The normalized spacial score (nSPS) is 19.2. The molecular formula is C13H17BrClNO. The van der Waals surface area contributed by atoms with Gasteiger partial charge >= 0.3 is 0 Å². The summed E-state index contributed by atoms with van der Waals surface area (Å²) in [6.07, 6.45) is 6.06. The van der Waals surface area contributed by atoms with Gasteiger partial charge in [-0.3, -0.25) is 0 Å². The number of rotatable bonds is 2. The number of benzene rings is 1. The van der Waals surface area contributed by atoms with Crippen LogP contribution in [0.3, 0.4) is 0 Å². The van der Waals surface area contributed by atoms with Crippen molar-refractivity contribution in [3.63, 3.8) is 0 Å². The number of halogens is 2. The number of hydrogen-bond acceptors (Lipinski definition) is 2. The molecule has 0 aromatic heterocycles. The Morgan fingerprint density at radius 3 is 2.59 bits per heavy atom. The molecule has 2 nitrogen and oxygen atoms in total. The highest BCUT2D eigenvalue weighted by Gasteiger charge is 2.25. The molecule has 0 bridgehead atoms. The molecule has 0 heterocycles. The maximum absolute atomic E-state index is 9.99. The predicted molar refractivity (Wildman–Crippen MR) is 74.3 cm³/mol. The topological polar surface area (TPSA) is 46.2 Å². The number of phenolic OH excluding ortho intramolecular Hbond substituents is 1. The van der Waals surface area contributed by atoms with Gasteiger partial charge in [0.25, 0.3) is 0 Å². The minimum absolute atomic E-state index is 0.120. The molecule has 1 aromatic carbocycles. The van der Waals surface area contributed by atoms with Crippen molar-refractivity contribution in [2.45, 2.75) is 38.1 Å². The SMILES string of the molecule is N[C@@H](c1cc(Br)cc(Cl)c1O)C1CCCCC1. The minimum atomic E-state index is -0.120. The van der Waals surface area contributed by atoms with Crippen LogP contribution in [0.1, 0.15) is 43.7 Å². The van der Waals surface area contributed by atoms with Gasteiger partial charge in [0, 0.05) is 16.1 Å². The molecule has 1 aliphatic rings. The monoisotopic (exact) mass is 317 g/mol. The summed E-state index contributed by atoms with van der Waals surface area (Å²) >= 11 is 9.35. The van der Waals surface area contributed by atoms with Crippen LogP contribution in [0.15, 0.2) is 16.6 Å². The van der Waals surface area contributed by atoms with E-state index in [4.69, 9.17) is 17.3 Å². The summed E-state index contributed by atoms with van der Waals surface area (Å²) < 4.78 is 0.863. The Kier molecular flexibility index (Phi) is 4.34. The average Bonchev–Trinajstić information content (AvgIpc) is 2.34. The van der Waals surface area contributed by atoms with Gasteiger partial charge in [0.1, 0.15) is 5.75 Å². The van der Waals surface area contributed by atoms with Gasteiger partial charge in [-0.05, 0) is 30.9 Å². The van der Waals surface area contributed by atoms with E-state index in [9.17, 15) is 5.11 Å². The Morgan fingerprint density at radius 2 is 1.94 bits per heavy atom. The van der Waals surface area contributed by atoms with Crippen molar-refractivity contribution in [2.75, 3.05) is 0 Å². The zero-order valence-corrected chi connectivity index (χ0v) is 12.0. The van der Waals surface area contributed by atoms with Crippen molar-refractivity contribution < 1.29 is 5.11 Å². The van der Waals surface area contributed by atoms with Crippen LogP contribution in [0.4, 0.5) is 0 Å². The van der Waals surface area contributed by atoms with E-state index >= 15 is 0 Å². The van der Waals surface area contributed by atoms with Gasteiger partial charge in [0.05, 0.1) is 5.02 Å². The van der Waals surface area contributed by atoms with E-state index in [1.807, 2.05) is 6.07 Å². The number of phenols is 1. The van der Waals surface area contributed by atoms with Crippen LogP contribution >= 0.6 is 27.5 Å². The molecular weight excluding hydrogens is 302 g/mol. The van der Waals surface area contributed by atoms with Crippen LogP contribution in [-0.4, -0.2) is 5.11 Å². The molecule has 17 heavy (non-hydrogen) atoms. The van der Waals surface area contributed by atoms with Crippen molar-refractivity contribution in [1.82, 2.24) is 0 Å². The van der Waals surface area contributed by atoms with E-state index in [-0.39, 0.29) is 11.8 Å². The zero-order chi connectivity index (χ0) is 12.4. The van der Waals surface area contributed by atoms with Gasteiger partial charge in [0.15, 0.2) is 0 Å². The summed E-state index contributed by atoms with van der Waals surface area (Å²) in [6, 6.07) is 3.44. The number of aromatic hydroxyl groups is 1. The minimum Gasteiger partial charge on any atom is -0.506 e. The maximum Gasteiger partial charge on any atom is 0.139 e. The number of nitrogens with two attached hydrogens (primary N) is 1. The van der Waals surface area contributed by atoms with Gasteiger partial charge in [-0.1, -0.05) is 46.8 Å². The Morgan fingerprint density at radius 1 is 1.29 bits per heavy atom. The first kappa shape index (κ1) is 13.2. The van der Waals surface area contributed by atoms with E-state index < -0.39 is 0 Å². The summed E-state index contributed by atoms with van der Waals surface area (Å²) in [5, 5.41) is 10.4. The van der Waals surface area contributed by atoms with Crippen LogP contribution in [0.2, 0.25) is 5.02 Å². The molecule has 3 N–H and O–H groups in total. The average molecular weight is 319 g/mol. The van der Waals surface area contributed by atoms with Gasteiger partial charge in [0.2, 0.25) is 0 Å². The van der Waals surface area contributed by atoms with Gasteiger partial charge in [-0.25, -0.2) is 0 Å². The fourth-order valence-corrected chi connectivity index (χ4v) is 3.42. The second-order valence-corrected chi connectivity index (χ2v) is 6.07. The molecule has 1 aromatic rings. The van der Waals surface area contributed by atoms with E-state index in [1.165, 1.54) is 19.3 Å². The van der Waals surface area contributed by atoms with Crippen molar-refractivity contribution in [2.24, 2.45) is 11.7 Å². The first-order chi connectivity index (χ1) is 8.09. The van der Waals surface area contributed by atoms with Crippen LogP contribution in [-0.2, 0) is 0 Å². The quantitative estimate of drug-likeness (QED) is 0.849. The molecule has 0 aliphatic heterocycles. The van der Waals surface area contributed by atoms with Crippen LogP contribution in [0.25, 0.3) is 0 Å². The van der Waals surface area contributed by atoms with Crippen molar-refractivity contribution >= 4 is 27.5 Å². The highest BCUT2D eigenvalue weighted by Crippen LogP contribution is 2.40. The second kappa shape index (κ2) is 5.59. The maximum atomic E-state index is 9.99. The van der Waals surface area contributed by atoms with Gasteiger partial charge in [-0.2, -0.15) is 0 Å². The Labute approximate surface area is 115 Å². The largest absolute Gasteiger partial charge is 0.506 e. The van der Waals surface area contributed by atoms with Crippen LogP contribution < -0.4 is 5.73 Å². The van der Waals surface area contributed by atoms with Crippen molar-refractivity contribution in [1.29, 1.82) is 0 Å². The molecule has 0 amide bonds. The Balaban J connectivity index is 2.26. The van der Waals surface area contributed by atoms with Crippen molar-refractivity contribution in [3.05, 3.63) is 27.2 Å². The van der Waals surface area contributed by atoms with Gasteiger partial charge < -0.3 is 10.8 Å². The fraction of sp³-hybridized carbons (Fsp3) is 0.538. The molecule has 2 rings (SSSR count). The van der Waals surface area contributed by atoms with E-state index in [0.717, 1.165) is 22.9 Å². The molecule has 0 saturated heterocycles. The third kappa shape index (κ3) is 2.95. The molecule has 0 radical (unpaired) electrons. The fourth-order valence-electron chi connectivity index (χ4n) is 2.59. The highest BCUT2D eigenvalue weighted by atomic mass is 79.9. The first-order valence-corrected chi connectivity index (χ1v) is 7.20. The number of hydrogen-bond donors (Lipinski definition) is 2. The molecule has 0 unspecified atom stereocenters. The molecule has 1 fully saturated rings. The molecule has 1 saturated carbocycles. The van der Waals surface area contributed by atoms with E-state index in [1.54, 1.807) is 6.07 Å². The summed E-state index contributed by atoms with van der Waals surface area (Å²) in [7, 11) is 0. The lowest BCUT2D eigenvalue weighted by molar-refractivity contribution is 0.303. The molecule has 94 valence electrons. The molecule has 0 spiro atoms. The highest BCUT2D eigenvalue weighted by molar-refractivity contribution is 9.10. The summed E-state index contributed by atoms with van der Waals surface area (Å²) in [5.41, 5.74) is 7.03. The Hall–Kier alpha value is -0.250. The summed E-state index contributed by atoms with van der Waals surface area (Å²) in [6.45, 7) is 0. The predicted octanol–water partition coefficient (Wildman–Crippen LogP) is 4.39. The van der Waals surface area contributed by atoms with Crippen LogP contribution in [0, 0.1) is 5.92 Å².